The number of nitrogens with one attached hydrogen (secondary N) is 2. The van der Waals surface area contributed by atoms with Gasteiger partial charge in [-0.3, -0.25) is 9.89 Å². The summed E-state index contributed by atoms with van der Waals surface area (Å²) < 4.78 is 16.2. The first-order chi connectivity index (χ1) is 15.6. The number of nitrogens with zero attached hydrogens (tertiary/aromatic N) is 4. The van der Waals surface area contributed by atoms with Gasteiger partial charge < -0.3 is 15.2 Å². The van der Waals surface area contributed by atoms with Gasteiger partial charge in [0.25, 0.3) is 0 Å². The molecular formula is C25H31FN6. The van der Waals surface area contributed by atoms with Crippen molar-refractivity contribution in [2.45, 2.75) is 44.9 Å². The predicted octanol–water partition coefficient (Wildman–Crippen LogP) is 3.73. The third-order valence-corrected chi connectivity index (χ3v) is 6.06. The van der Waals surface area contributed by atoms with E-state index in [-0.39, 0.29) is 5.82 Å². The molecule has 2 aromatic carbocycles. The fourth-order valence-electron chi connectivity index (χ4n) is 4.25. The normalized spacial score (nSPS) is 19.7. The van der Waals surface area contributed by atoms with E-state index in [1.54, 1.807) is 42.5 Å². The number of rotatable bonds is 6. The minimum atomic E-state index is -0.273. The van der Waals surface area contributed by atoms with Gasteiger partial charge in [-0.05, 0) is 43.0 Å². The van der Waals surface area contributed by atoms with Crippen molar-refractivity contribution in [3.63, 3.8) is 0 Å². The van der Waals surface area contributed by atoms with E-state index in [4.69, 9.17) is 0 Å². The summed E-state index contributed by atoms with van der Waals surface area (Å²) in [7, 11) is 1.77. The van der Waals surface area contributed by atoms with E-state index in [1.165, 1.54) is 5.56 Å². The van der Waals surface area contributed by atoms with Crippen LogP contribution in [0.1, 0.15) is 30.9 Å². The molecule has 0 amide bonds. The number of aliphatic imine (C=N–C) groups is 1. The molecule has 2 N–H and O–H groups in total. The molecule has 168 valence electrons. The molecule has 1 aliphatic heterocycles. The van der Waals surface area contributed by atoms with Gasteiger partial charge in [0.05, 0.1) is 12.0 Å². The molecule has 1 saturated heterocycles. The van der Waals surface area contributed by atoms with Crippen molar-refractivity contribution < 1.29 is 4.39 Å². The van der Waals surface area contributed by atoms with Crippen molar-refractivity contribution in [2.24, 2.45) is 4.99 Å². The number of benzene rings is 2. The van der Waals surface area contributed by atoms with Crippen molar-refractivity contribution >= 4 is 5.96 Å². The Kier molecular flexibility index (Phi) is 7.17. The summed E-state index contributed by atoms with van der Waals surface area (Å²) in [5.41, 5.74) is 2.71. The number of halogens is 1. The van der Waals surface area contributed by atoms with Crippen molar-refractivity contribution in [2.75, 3.05) is 13.6 Å². The molecular weight excluding hydrogens is 403 g/mol. The predicted molar refractivity (Wildman–Crippen MR) is 126 cm³/mol. The topological polar surface area (TPSA) is 57.5 Å². The molecule has 7 heteroatoms. The number of hydrogen-bond donors (Lipinski definition) is 2. The maximum atomic E-state index is 14.5. The molecule has 0 spiro atoms. The number of aromatic nitrogens is 2. The Morgan fingerprint density at radius 3 is 2.72 bits per heavy atom. The van der Waals surface area contributed by atoms with Crippen LogP contribution >= 0.6 is 0 Å². The molecule has 32 heavy (non-hydrogen) atoms. The zero-order valence-electron chi connectivity index (χ0n) is 18.7. The lowest BCUT2D eigenvalue weighted by Gasteiger charge is -2.38. The molecule has 1 aromatic heterocycles. The molecule has 1 fully saturated rings. The van der Waals surface area contributed by atoms with Crippen LogP contribution < -0.4 is 10.6 Å². The minimum absolute atomic E-state index is 0.273. The summed E-state index contributed by atoms with van der Waals surface area (Å²) in [6.07, 6.45) is 7.08. The van der Waals surface area contributed by atoms with E-state index in [9.17, 15) is 4.39 Å². The van der Waals surface area contributed by atoms with E-state index in [1.807, 2.05) is 6.07 Å². The molecule has 2 unspecified atom stereocenters. The highest BCUT2D eigenvalue weighted by molar-refractivity contribution is 5.80. The molecule has 4 rings (SSSR count). The van der Waals surface area contributed by atoms with Crippen LogP contribution in [0.15, 0.2) is 72.2 Å². The van der Waals surface area contributed by atoms with Gasteiger partial charge in [-0.15, -0.1) is 0 Å². The van der Waals surface area contributed by atoms with Gasteiger partial charge in [0, 0.05) is 51.2 Å². The number of imidazole rings is 1. The van der Waals surface area contributed by atoms with E-state index in [2.05, 4.69) is 62.8 Å². The quantitative estimate of drug-likeness (QED) is 0.459. The van der Waals surface area contributed by atoms with Crippen LogP contribution in [-0.2, 0) is 13.1 Å². The summed E-state index contributed by atoms with van der Waals surface area (Å²) in [4.78, 5) is 10.9. The Morgan fingerprint density at radius 1 is 1.19 bits per heavy atom. The van der Waals surface area contributed by atoms with E-state index in [0.717, 1.165) is 37.5 Å². The largest absolute Gasteiger partial charge is 0.354 e. The zero-order chi connectivity index (χ0) is 22.3. The van der Waals surface area contributed by atoms with Crippen molar-refractivity contribution in [1.29, 1.82) is 0 Å². The molecule has 2 atom stereocenters. The number of piperidine rings is 1. The van der Waals surface area contributed by atoms with Gasteiger partial charge in [-0.1, -0.05) is 36.4 Å². The van der Waals surface area contributed by atoms with Gasteiger partial charge in [-0.25, -0.2) is 9.37 Å². The molecule has 0 saturated carbocycles. The van der Waals surface area contributed by atoms with Crippen molar-refractivity contribution in [3.8, 4) is 5.69 Å². The maximum absolute atomic E-state index is 14.5. The van der Waals surface area contributed by atoms with Crippen LogP contribution in [-0.4, -0.2) is 46.1 Å². The number of likely N-dealkylation sites (tertiary alicyclic amines) is 1. The second-order valence-electron chi connectivity index (χ2n) is 8.35. The molecule has 3 aromatic rings. The highest BCUT2D eigenvalue weighted by Crippen LogP contribution is 2.20. The lowest BCUT2D eigenvalue weighted by atomic mass is 9.97. The Balaban J connectivity index is 1.28. The van der Waals surface area contributed by atoms with Crippen LogP contribution in [0.5, 0.6) is 0 Å². The second-order valence-corrected chi connectivity index (χ2v) is 8.35. The summed E-state index contributed by atoms with van der Waals surface area (Å²) in [5, 5.41) is 6.86. The van der Waals surface area contributed by atoms with Gasteiger partial charge in [0.1, 0.15) is 5.82 Å². The smallest absolute Gasteiger partial charge is 0.191 e. The monoisotopic (exact) mass is 434 g/mol. The first-order valence-corrected chi connectivity index (χ1v) is 11.1. The third kappa shape index (κ3) is 5.53. The Morgan fingerprint density at radius 2 is 2.03 bits per heavy atom. The van der Waals surface area contributed by atoms with Gasteiger partial charge in [0.15, 0.2) is 5.96 Å². The summed E-state index contributed by atoms with van der Waals surface area (Å²) in [6.45, 7) is 4.83. The summed E-state index contributed by atoms with van der Waals surface area (Å²) in [6, 6.07) is 16.7. The SMILES string of the molecule is CN=C(NCc1ccc(-n2ccnc2)c(F)c1)NC1CCN(Cc2ccccc2)C(C)C1. The van der Waals surface area contributed by atoms with Crippen molar-refractivity contribution in [1.82, 2.24) is 25.1 Å². The molecule has 1 aliphatic rings. The van der Waals surface area contributed by atoms with Crippen LogP contribution in [0, 0.1) is 5.82 Å². The van der Waals surface area contributed by atoms with Gasteiger partial charge >= 0.3 is 0 Å². The lowest BCUT2D eigenvalue weighted by molar-refractivity contribution is 0.134. The van der Waals surface area contributed by atoms with Gasteiger partial charge in [-0.2, -0.15) is 0 Å². The van der Waals surface area contributed by atoms with E-state index < -0.39 is 0 Å². The van der Waals surface area contributed by atoms with Crippen LogP contribution in [0.4, 0.5) is 4.39 Å². The fraction of sp³-hybridized carbons (Fsp3) is 0.360. The summed E-state index contributed by atoms with van der Waals surface area (Å²) >= 11 is 0. The fourth-order valence-corrected chi connectivity index (χ4v) is 4.25. The molecule has 0 radical (unpaired) electrons. The molecule has 6 nitrogen and oxygen atoms in total. The Hall–Kier alpha value is -3.19. The second kappa shape index (κ2) is 10.4. The average Bonchev–Trinajstić information content (AvgIpc) is 3.34. The zero-order valence-corrected chi connectivity index (χ0v) is 18.7. The highest BCUT2D eigenvalue weighted by Gasteiger charge is 2.26. The van der Waals surface area contributed by atoms with Crippen LogP contribution in [0.2, 0.25) is 0 Å². The lowest BCUT2D eigenvalue weighted by Crippen LogP contribution is -2.51. The highest BCUT2D eigenvalue weighted by atomic mass is 19.1. The molecule has 2 heterocycles. The third-order valence-electron chi connectivity index (χ3n) is 6.06. The van der Waals surface area contributed by atoms with Crippen LogP contribution in [0.25, 0.3) is 5.69 Å². The first kappa shape index (κ1) is 22.0. The van der Waals surface area contributed by atoms with E-state index in [0.29, 0.717) is 24.3 Å². The molecule has 0 aliphatic carbocycles. The number of guanidine groups is 1. The Bertz CT molecular complexity index is 1020. The average molecular weight is 435 g/mol. The van der Waals surface area contributed by atoms with E-state index >= 15 is 0 Å². The minimum Gasteiger partial charge on any atom is -0.354 e. The summed E-state index contributed by atoms with van der Waals surface area (Å²) in [5.74, 6) is 0.475. The maximum Gasteiger partial charge on any atom is 0.191 e. The number of hydrogen-bond acceptors (Lipinski definition) is 3. The molecule has 0 bridgehead atoms. The Labute approximate surface area is 189 Å². The van der Waals surface area contributed by atoms with Crippen molar-refractivity contribution in [3.05, 3.63) is 84.2 Å². The van der Waals surface area contributed by atoms with Crippen LogP contribution in [0.3, 0.4) is 0 Å². The first-order valence-electron chi connectivity index (χ1n) is 11.1. The van der Waals surface area contributed by atoms with Gasteiger partial charge in [0.2, 0.25) is 0 Å². The standard InChI is InChI=1S/C25H31FN6/c1-19-14-22(10-12-31(19)17-20-6-4-3-5-7-20)30-25(27-2)29-16-21-8-9-24(23(26)15-21)32-13-11-28-18-32/h3-9,11,13,15,18-19,22H,10,12,14,16-17H2,1-2H3,(H2,27,29,30).